The lowest BCUT2D eigenvalue weighted by atomic mass is 10.1. The highest BCUT2D eigenvalue weighted by Gasteiger charge is 2.11. The number of nitrogens with two attached hydrogens (primary N) is 1. The van der Waals surface area contributed by atoms with E-state index >= 15 is 0 Å². The lowest BCUT2D eigenvalue weighted by Gasteiger charge is -2.18. The van der Waals surface area contributed by atoms with Crippen LogP contribution in [0.4, 0.5) is 11.5 Å². The van der Waals surface area contributed by atoms with Crippen LogP contribution >= 0.6 is 0 Å². The van der Waals surface area contributed by atoms with E-state index in [0.29, 0.717) is 23.8 Å². The molecule has 2 aromatic carbocycles. The van der Waals surface area contributed by atoms with Gasteiger partial charge in [0.25, 0.3) is 5.78 Å². The summed E-state index contributed by atoms with van der Waals surface area (Å²) in [6, 6.07) is 16.7. The standard InChI is InChI=1S/C24H27N7O2/c1-3-30(4-2)12-13-33-20-7-5-6-18(14-20)21-15-22(29-24-26-16-27-31(21)24)28-19-10-8-17(9-11-19)23(25)32/h5-11,14-16H,3-4,12-13H2,1-2H3,(H2,25,32)(H,26,27,28,29). The maximum Gasteiger partial charge on any atom is 0.254 e. The fourth-order valence-electron chi connectivity index (χ4n) is 3.53. The third kappa shape index (κ3) is 5.27. The van der Waals surface area contributed by atoms with Crippen LogP contribution in [0.5, 0.6) is 5.75 Å². The minimum Gasteiger partial charge on any atom is -0.492 e. The number of rotatable bonds is 10. The summed E-state index contributed by atoms with van der Waals surface area (Å²) >= 11 is 0. The van der Waals surface area contributed by atoms with E-state index in [-0.39, 0.29) is 0 Å². The largest absolute Gasteiger partial charge is 0.492 e. The van der Waals surface area contributed by atoms with Gasteiger partial charge in [-0.2, -0.15) is 19.6 Å². The molecule has 0 radical (unpaired) electrons. The Morgan fingerprint density at radius 3 is 2.64 bits per heavy atom. The van der Waals surface area contributed by atoms with Gasteiger partial charge < -0.3 is 20.7 Å². The number of likely N-dealkylation sites (N-methyl/N-ethyl adjacent to an activating group) is 1. The van der Waals surface area contributed by atoms with Crippen molar-refractivity contribution in [3.8, 4) is 17.0 Å². The Bertz CT molecular complexity index is 1230. The van der Waals surface area contributed by atoms with Gasteiger partial charge in [-0.15, -0.1) is 0 Å². The Labute approximate surface area is 192 Å². The fourth-order valence-corrected chi connectivity index (χ4v) is 3.53. The molecular formula is C24H27N7O2. The summed E-state index contributed by atoms with van der Waals surface area (Å²) in [6.45, 7) is 7.80. The van der Waals surface area contributed by atoms with Crippen LogP contribution in [-0.2, 0) is 0 Å². The van der Waals surface area contributed by atoms with Crippen molar-refractivity contribution in [3.05, 3.63) is 66.5 Å². The highest BCUT2D eigenvalue weighted by molar-refractivity contribution is 5.93. The molecule has 0 saturated heterocycles. The van der Waals surface area contributed by atoms with Crippen molar-refractivity contribution in [3.63, 3.8) is 0 Å². The highest BCUT2D eigenvalue weighted by Crippen LogP contribution is 2.27. The topological polar surface area (TPSA) is 111 Å². The summed E-state index contributed by atoms with van der Waals surface area (Å²) in [7, 11) is 0. The molecule has 33 heavy (non-hydrogen) atoms. The SMILES string of the molecule is CCN(CC)CCOc1cccc(-c2cc(Nc3ccc(C(N)=O)cc3)nc3ncnn23)c1. The van der Waals surface area contributed by atoms with Gasteiger partial charge in [0.1, 0.15) is 24.5 Å². The number of benzene rings is 2. The van der Waals surface area contributed by atoms with Gasteiger partial charge in [-0.05, 0) is 49.5 Å². The van der Waals surface area contributed by atoms with Crippen LogP contribution in [0.1, 0.15) is 24.2 Å². The number of ether oxygens (including phenoxy) is 1. The number of aromatic nitrogens is 4. The Hall–Kier alpha value is -3.98. The van der Waals surface area contributed by atoms with Crippen LogP contribution in [0, 0.1) is 0 Å². The Morgan fingerprint density at radius 2 is 1.91 bits per heavy atom. The predicted molar refractivity (Wildman–Crippen MR) is 128 cm³/mol. The molecule has 0 bridgehead atoms. The van der Waals surface area contributed by atoms with Gasteiger partial charge >= 0.3 is 0 Å². The second-order valence-electron chi connectivity index (χ2n) is 7.47. The number of hydrogen-bond donors (Lipinski definition) is 2. The van der Waals surface area contributed by atoms with E-state index in [0.717, 1.165) is 42.3 Å². The normalized spacial score (nSPS) is 11.1. The summed E-state index contributed by atoms with van der Waals surface area (Å²) < 4.78 is 7.69. The quantitative estimate of drug-likeness (QED) is 0.385. The number of nitrogens with zero attached hydrogens (tertiary/aromatic N) is 5. The summed E-state index contributed by atoms with van der Waals surface area (Å²) in [4.78, 5) is 22.4. The van der Waals surface area contributed by atoms with Crippen LogP contribution in [0.15, 0.2) is 60.9 Å². The van der Waals surface area contributed by atoms with E-state index < -0.39 is 5.91 Å². The maximum atomic E-state index is 11.3. The monoisotopic (exact) mass is 445 g/mol. The van der Waals surface area contributed by atoms with E-state index in [2.05, 4.69) is 39.1 Å². The second-order valence-corrected chi connectivity index (χ2v) is 7.47. The van der Waals surface area contributed by atoms with Crippen LogP contribution in [0.3, 0.4) is 0 Å². The van der Waals surface area contributed by atoms with E-state index in [1.54, 1.807) is 28.8 Å². The number of primary amides is 1. The van der Waals surface area contributed by atoms with Gasteiger partial charge in [-0.25, -0.2) is 0 Å². The van der Waals surface area contributed by atoms with Crippen LogP contribution in [0.2, 0.25) is 0 Å². The zero-order chi connectivity index (χ0) is 23.2. The van der Waals surface area contributed by atoms with E-state index in [9.17, 15) is 4.79 Å². The van der Waals surface area contributed by atoms with Crippen molar-refractivity contribution in [1.82, 2.24) is 24.5 Å². The molecule has 0 atom stereocenters. The summed E-state index contributed by atoms with van der Waals surface area (Å²) in [5.41, 5.74) is 8.29. The van der Waals surface area contributed by atoms with Crippen molar-refractivity contribution >= 4 is 23.2 Å². The third-order valence-corrected chi connectivity index (χ3v) is 5.39. The molecule has 0 aliphatic heterocycles. The zero-order valence-electron chi connectivity index (χ0n) is 18.7. The Balaban J connectivity index is 1.58. The number of fused-ring (bicyclic) bond motifs is 1. The van der Waals surface area contributed by atoms with Crippen molar-refractivity contribution < 1.29 is 9.53 Å². The molecule has 2 aromatic heterocycles. The maximum absolute atomic E-state index is 11.3. The highest BCUT2D eigenvalue weighted by atomic mass is 16.5. The van der Waals surface area contributed by atoms with Crippen molar-refractivity contribution in [2.75, 3.05) is 31.6 Å². The molecule has 4 aromatic rings. The number of nitrogens with one attached hydrogen (secondary N) is 1. The van der Waals surface area contributed by atoms with Crippen molar-refractivity contribution in [1.29, 1.82) is 0 Å². The average molecular weight is 446 g/mol. The summed E-state index contributed by atoms with van der Waals surface area (Å²) in [5, 5.41) is 7.58. The molecule has 0 saturated carbocycles. The molecule has 0 aliphatic carbocycles. The third-order valence-electron chi connectivity index (χ3n) is 5.39. The molecule has 3 N–H and O–H groups in total. The second kappa shape index (κ2) is 10.1. The van der Waals surface area contributed by atoms with E-state index in [1.807, 2.05) is 30.3 Å². The van der Waals surface area contributed by atoms with Gasteiger partial charge in [-0.1, -0.05) is 26.0 Å². The molecule has 0 aliphatic rings. The van der Waals surface area contributed by atoms with Crippen molar-refractivity contribution in [2.45, 2.75) is 13.8 Å². The Morgan fingerprint density at radius 1 is 1.12 bits per heavy atom. The number of carbonyl (C=O) groups excluding carboxylic acids is 1. The van der Waals surface area contributed by atoms with Crippen LogP contribution in [-0.4, -0.2) is 56.6 Å². The zero-order valence-corrected chi connectivity index (χ0v) is 18.7. The molecule has 9 heteroatoms. The molecule has 9 nitrogen and oxygen atoms in total. The number of anilines is 2. The van der Waals surface area contributed by atoms with Gasteiger partial charge in [0.2, 0.25) is 5.91 Å². The van der Waals surface area contributed by atoms with Crippen LogP contribution < -0.4 is 15.8 Å². The molecule has 0 spiro atoms. The van der Waals surface area contributed by atoms with Crippen molar-refractivity contribution in [2.24, 2.45) is 5.73 Å². The summed E-state index contributed by atoms with van der Waals surface area (Å²) in [5.74, 6) is 1.40. The molecular weight excluding hydrogens is 418 g/mol. The Kier molecular flexibility index (Phi) is 6.80. The van der Waals surface area contributed by atoms with E-state index in [4.69, 9.17) is 10.5 Å². The predicted octanol–water partition coefficient (Wildman–Crippen LogP) is 3.35. The first kappa shape index (κ1) is 22.2. The molecule has 170 valence electrons. The average Bonchev–Trinajstić information content (AvgIpc) is 3.30. The lowest BCUT2D eigenvalue weighted by molar-refractivity contribution is 0.100. The number of amides is 1. The van der Waals surface area contributed by atoms with Gasteiger partial charge in [0, 0.05) is 29.4 Å². The molecule has 0 fully saturated rings. The molecule has 1 amide bonds. The first-order valence-electron chi connectivity index (χ1n) is 10.9. The molecule has 0 unspecified atom stereocenters. The summed E-state index contributed by atoms with van der Waals surface area (Å²) in [6.07, 6.45) is 1.47. The van der Waals surface area contributed by atoms with Gasteiger partial charge in [0.05, 0.1) is 5.69 Å². The number of carbonyl (C=O) groups is 1. The van der Waals surface area contributed by atoms with Gasteiger partial charge in [-0.3, -0.25) is 4.79 Å². The first-order chi connectivity index (χ1) is 16.1. The minimum absolute atomic E-state index is 0.444. The fraction of sp³-hybridized carbons (Fsp3) is 0.250. The lowest BCUT2D eigenvalue weighted by Crippen LogP contribution is -2.27. The van der Waals surface area contributed by atoms with Crippen LogP contribution in [0.25, 0.3) is 17.0 Å². The molecule has 2 heterocycles. The minimum atomic E-state index is -0.467. The number of hydrogen-bond acceptors (Lipinski definition) is 7. The van der Waals surface area contributed by atoms with E-state index in [1.165, 1.54) is 6.33 Å². The smallest absolute Gasteiger partial charge is 0.254 e. The first-order valence-corrected chi connectivity index (χ1v) is 10.9. The van der Waals surface area contributed by atoms with Gasteiger partial charge in [0.15, 0.2) is 0 Å². The molecule has 4 rings (SSSR count).